The topological polar surface area (TPSA) is 55.8 Å². The van der Waals surface area contributed by atoms with E-state index in [9.17, 15) is 9.59 Å². The van der Waals surface area contributed by atoms with Crippen LogP contribution in [0.5, 0.6) is 0 Å². The third-order valence-corrected chi connectivity index (χ3v) is 3.18. The van der Waals surface area contributed by atoms with Crippen molar-refractivity contribution in [3.63, 3.8) is 0 Å². The molecule has 0 amide bonds. The fraction of sp³-hybridized carbons (Fsp3) is 0.833. The zero-order valence-corrected chi connectivity index (χ0v) is 10.8. The molecule has 2 atom stereocenters. The molecule has 1 saturated heterocycles. The standard InChI is InChI=1S/C12H21NO4/c1-9(11(14)16-2)7-13-6-4-5-10(8-13)12(15)17-3/h9-10H,4-8H2,1-3H3/t9?,10-/m0/s1. The molecule has 1 heterocycles. The van der Waals surface area contributed by atoms with Crippen molar-refractivity contribution in [2.24, 2.45) is 11.8 Å². The summed E-state index contributed by atoms with van der Waals surface area (Å²) in [4.78, 5) is 24.9. The van der Waals surface area contributed by atoms with E-state index in [1.165, 1.54) is 14.2 Å². The van der Waals surface area contributed by atoms with Crippen LogP contribution < -0.4 is 0 Å². The zero-order valence-electron chi connectivity index (χ0n) is 10.8. The van der Waals surface area contributed by atoms with Gasteiger partial charge >= 0.3 is 11.9 Å². The molecular weight excluding hydrogens is 222 g/mol. The Morgan fingerprint density at radius 1 is 1.35 bits per heavy atom. The molecule has 1 aliphatic rings. The lowest BCUT2D eigenvalue weighted by atomic mass is 9.97. The summed E-state index contributed by atoms with van der Waals surface area (Å²) in [5.74, 6) is -0.569. The van der Waals surface area contributed by atoms with E-state index in [0.717, 1.165) is 19.4 Å². The molecule has 0 N–H and O–H groups in total. The number of nitrogens with zero attached hydrogens (tertiary/aromatic N) is 1. The Kier molecular flexibility index (Phi) is 5.41. The van der Waals surface area contributed by atoms with Crippen LogP contribution in [0.1, 0.15) is 19.8 Å². The van der Waals surface area contributed by atoms with Crippen LogP contribution in [-0.2, 0) is 19.1 Å². The fourth-order valence-corrected chi connectivity index (χ4v) is 2.24. The number of methoxy groups -OCH3 is 2. The number of likely N-dealkylation sites (tertiary alicyclic amines) is 1. The van der Waals surface area contributed by atoms with Crippen LogP contribution in [0.3, 0.4) is 0 Å². The highest BCUT2D eigenvalue weighted by Gasteiger charge is 2.28. The molecule has 98 valence electrons. The fourth-order valence-electron chi connectivity index (χ4n) is 2.24. The quantitative estimate of drug-likeness (QED) is 0.680. The van der Waals surface area contributed by atoms with Crippen molar-refractivity contribution in [3.05, 3.63) is 0 Å². The molecule has 17 heavy (non-hydrogen) atoms. The molecule has 1 fully saturated rings. The predicted molar refractivity (Wildman–Crippen MR) is 62.4 cm³/mol. The summed E-state index contributed by atoms with van der Waals surface area (Å²) < 4.78 is 9.45. The normalized spacial score (nSPS) is 22.9. The van der Waals surface area contributed by atoms with E-state index in [0.29, 0.717) is 13.1 Å². The highest BCUT2D eigenvalue weighted by atomic mass is 16.5. The molecule has 1 rings (SSSR count). The zero-order chi connectivity index (χ0) is 12.8. The number of ether oxygens (including phenoxy) is 2. The van der Waals surface area contributed by atoms with Gasteiger partial charge in [0, 0.05) is 13.1 Å². The van der Waals surface area contributed by atoms with E-state index in [2.05, 4.69) is 4.90 Å². The van der Waals surface area contributed by atoms with Crippen LogP contribution in [0.2, 0.25) is 0 Å². The highest BCUT2D eigenvalue weighted by molar-refractivity contribution is 5.73. The number of carbonyl (C=O) groups excluding carboxylic acids is 2. The largest absolute Gasteiger partial charge is 0.469 e. The molecule has 5 heteroatoms. The molecule has 0 bridgehead atoms. The van der Waals surface area contributed by atoms with Crippen molar-refractivity contribution in [1.82, 2.24) is 4.90 Å². The second kappa shape index (κ2) is 6.59. The molecule has 0 spiro atoms. The maximum atomic E-state index is 11.4. The summed E-state index contributed by atoms with van der Waals surface area (Å²) in [6.45, 7) is 4.08. The first kappa shape index (κ1) is 14.0. The van der Waals surface area contributed by atoms with Gasteiger partial charge in [0.25, 0.3) is 0 Å². The van der Waals surface area contributed by atoms with Gasteiger partial charge in [-0.2, -0.15) is 0 Å². The number of piperidine rings is 1. The van der Waals surface area contributed by atoms with Gasteiger partial charge in [-0.05, 0) is 19.4 Å². The van der Waals surface area contributed by atoms with Crippen molar-refractivity contribution >= 4 is 11.9 Å². The first-order valence-corrected chi connectivity index (χ1v) is 5.96. The third-order valence-electron chi connectivity index (χ3n) is 3.18. The molecule has 1 unspecified atom stereocenters. The van der Waals surface area contributed by atoms with Crippen LogP contribution in [0.4, 0.5) is 0 Å². The lowest BCUT2D eigenvalue weighted by molar-refractivity contribution is -0.148. The second-order valence-electron chi connectivity index (χ2n) is 4.55. The molecule has 0 aromatic carbocycles. The highest BCUT2D eigenvalue weighted by Crippen LogP contribution is 2.18. The van der Waals surface area contributed by atoms with Gasteiger partial charge in [-0.1, -0.05) is 6.92 Å². The van der Waals surface area contributed by atoms with E-state index >= 15 is 0 Å². The van der Waals surface area contributed by atoms with Crippen molar-refractivity contribution in [3.8, 4) is 0 Å². The van der Waals surface area contributed by atoms with Crippen LogP contribution in [-0.4, -0.2) is 50.7 Å². The van der Waals surface area contributed by atoms with E-state index in [1.54, 1.807) is 0 Å². The van der Waals surface area contributed by atoms with E-state index in [-0.39, 0.29) is 23.8 Å². The summed E-state index contributed by atoms with van der Waals surface area (Å²) >= 11 is 0. The van der Waals surface area contributed by atoms with Crippen molar-refractivity contribution in [2.75, 3.05) is 33.9 Å². The summed E-state index contributed by atoms with van der Waals surface area (Å²) in [6.07, 6.45) is 1.84. The Morgan fingerprint density at radius 2 is 2.06 bits per heavy atom. The molecule has 0 saturated carbocycles. The summed E-state index contributed by atoms with van der Waals surface area (Å²) in [7, 11) is 2.81. The van der Waals surface area contributed by atoms with Gasteiger partial charge in [-0.25, -0.2) is 0 Å². The maximum Gasteiger partial charge on any atom is 0.309 e. The SMILES string of the molecule is COC(=O)C(C)CN1CCC[C@H](C(=O)OC)C1. The summed E-state index contributed by atoms with van der Waals surface area (Å²) in [6, 6.07) is 0. The average Bonchev–Trinajstić information content (AvgIpc) is 2.37. The first-order chi connectivity index (χ1) is 8.08. The first-order valence-electron chi connectivity index (χ1n) is 5.96. The van der Waals surface area contributed by atoms with Gasteiger partial charge in [0.15, 0.2) is 0 Å². The molecule has 0 aromatic rings. The molecule has 0 aromatic heterocycles. The smallest absolute Gasteiger partial charge is 0.309 e. The Morgan fingerprint density at radius 3 is 2.65 bits per heavy atom. The van der Waals surface area contributed by atoms with Crippen LogP contribution in [0, 0.1) is 11.8 Å². The van der Waals surface area contributed by atoms with Crippen molar-refractivity contribution in [1.29, 1.82) is 0 Å². The Hall–Kier alpha value is -1.10. The summed E-state index contributed by atoms with van der Waals surface area (Å²) in [5.41, 5.74) is 0. The Labute approximate surface area is 102 Å². The molecule has 5 nitrogen and oxygen atoms in total. The average molecular weight is 243 g/mol. The van der Waals surface area contributed by atoms with Gasteiger partial charge < -0.3 is 14.4 Å². The van der Waals surface area contributed by atoms with Crippen LogP contribution >= 0.6 is 0 Å². The molecule has 1 aliphatic heterocycles. The minimum atomic E-state index is -0.204. The van der Waals surface area contributed by atoms with Crippen LogP contribution in [0.25, 0.3) is 0 Å². The number of hydrogen-bond acceptors (Lipinski definition) is 5. The Balaban J connectivity index is 2.44. The van der Waals surface area contributed by atoms with E-state index < -0.39 is 0 Å². The lowest BCUT2D eigenvalue weighted by Gasteiger charge is -2.32. The molecule has 0 aliphatic carbocycles. The Bertz CT molecular complexity index is 278. The van der Waals surface area contributed by atoms with Gasteiger partial charge in [0.05, 0.1) is 26.1 Å². The molecule has 0 radical (unpaired) electrons. The number of esters is 2. The van der Waals surface area contributed by atoms with E-state index in [1.807, 2.05) is 6.92 Å². The monoisotopic (exact) mass is 243 g/mol. The van der Waals surface area contributed by atoms with Crippen molar-refractivity contribution in [2.45, 2.75) is 19.8 Å². The second-order valence-corrected chi connectivity index (χ2v) is 4.55. The predicted octanol–water partition coefficient (Wildman–Crippen LogP) is 0.680. The van der Waals surface area contributed by atoms with Gasteiger partial charge in [0.1, 0.15) is 0 Å². The number of rotatable bonds is 4. The van der Waals surface area contributed by atoms with E-state index in [4.69, 9.17) is 9.47 Å². The number of carbonyl (C=O) groups is 2. The van der Waals surface area contributed by atoms with Gasteiger partial charge in [-0.3, -0.25) is 9.59 Å². The maximum absolute atomic E-state index is 11.4. The van der Waals surface area contributed by atoms with Gasteiger partial charge in [0.2, 0.25) is 0 Å². The third kappa shape index (κ3) is 4.00. The lowest BCUT2D eigenvalue weighted by Crippen LogP contribution is -2.42. The molecular formula is C12H21NO4. The minimum Gasteiger partial charge on any atom is -0.469 e. The van der Waals surface area contributed by atoms with Crippen molar-refractivity contribution < 1.29 is 19.1 Å². The van der Waals surface area contributed by atoms with Gasteiger partial charge in [-0.15, -0.1) is 0 Å². The minimum absolute atomic E-state index is 0.0569. The van der Waals surface area contributed by atoms with Crippen LogP contribution in [0.15, 0.2) is 0 Å². The number of hydrogen-bond donors (Lipinski definition) is 0. The summed E-state index contributed by atoms with van der Waals surface area (Å²) in [5, 5.41) is 0.